The van der Waals surface area contributed by atoms with Gasteiger partial charge in [-0.25, -0.2) is 4.98 Å². The van der Waals surface area contributed by atoms with Crippen molar-refractivity contribution in [3.8, 4) is 5.88 Å². The number of ether oxygens (including phenoxy) is 1. The van der Waals surface area contributed by atoms with Gasteiger partial charge in [0.05, 0.1) is 23.9 Å². The molecule has 1 aliphatic heterocycles. The first-order chi connectivity index (χ1) is 9.18. The topological polar surface area (TPSA) is 83.7 Å². The van der Waals surface area contributed by atoms with Crippen molar-refractivity contribution in [1.29, 1.82) is 0 Å². The second-order valence-electron chi connectivity index (χ2n) is 5.77. The molecule has 6 nitrogen and oxygen atoms in total. The molecule has 1 aromatic rings. The van der Waals surface area contributed by atoms with Crippen LogP contribution < -0.4 is 15.9 Å². The average Bonchev–Trinajstić information content (AvgIpc) is 2.57. The summed E-state index contributed by atoms with van der Waals surface area (Å²) in [6.45, 7) is 7.76. The van der Waals surface area contributed by atoms with Crippen LogP contribution in [0.25, 0.3) is 0 Å². The quantitative estimate of drug-likeness (QED) is 0.813. The molecule has 0 bridgehead atoms. The molecule has 20 heavy (non-hydrogen) atoms. The molecule has 2 heterocycles. The van der Waals surface area contributed by atoms with Crippen molar-refractivity contribution in [2.24, 2.45) is 5.73 Å². The van der Waals surface area contributed by atoms with Gasteiger partial charge in [0.15, 0.2) is 0 Å². The number of methoxy groups -OCH3 is 1. The van der Waals surface area contributed by atoms with E-state index < -0.39 is 24.2 Å². The number of amides is 1. The van der Waals surface area contributed by atoms with E-state index in [1.807, 2.05) is 27.7 Å². The van der Waals surface area contributed by atoms with Gasteiger partial charge in [-0.05, 0) is 27.7 Å². The van der Waals surface area contributed by atoms with Gasteiger partial charge in [0, 0.05) is 17.7 Å². The third-order valence-corrected chi connectivity index (χ3v) is 3.89. The van der Waals surface area contributed by atoms with Gasteiger partial charge in [-0.2, -0.15) is 0 Å². The SMILES string of the molecule is COc1cc(B2OC(C)(C)C(C)(C)O2)c(C(N)=O)cn1. The lowest BCUT2D eigenvalue weighted by Gasteiger charge is -2.32. The molecule has 0 unspecified atom stereocenters. The van der Waals surface area contributed by atoms with Crippen LogP contribution in [-0.4, -0.2) is 36.3 Å². The maximum Gasteiger partial charge on any atom is 0.495 e. The maximum atomic E-state index is 11.5. The van der Waals surface area contributed by atoms with Gasteiger partial charge in [-0.1, -0.05) is 0 Å². The van der Waals surface area contributed by atoms with Crippen molar-refractivity contribution in [2.75, 3.05) is 7.11 Å². The maximum absolute atomic E-state index is 11.5. The molecular formula is C13H19BN2O4. The van der Waals surface area contributed by atoms with E-state index >= 15 is 0 Å². The van der Waals surface area contributed by atoms with E-state index in [1.54, 1.807) is 6.07 Å². The van der Waals surface area contributed by atoms with Crippen LogP contribution in [0.3, 0.4) is 0 Å². The van der Waals surface area contributed by atoms with Gasteiger partial charge < -0.3 is 19.8 Å². The molecule has 108 valence electrons. The highest BCUT2D eigenvalue weighted by Crippen LogP contribution is 2.36. The zero-order valence-electron chi connectivity index (χ0n) is 12.4. The van der Waals surface area contributed by atoms with Crippen LogP contribution in [0.5, 0.6) is 5.88 Å². The average molecular weight is 278 g/mol. The fourth-order valence-corrected chi connectivity index (χ4v) is 1.93. The summed E-state index contributed by atoms with van der Waals surface area (Å²) in [5.74, 6) is -0.204. The van der Waals surface area contributed by atoms with E-state index in [0.717, 1.165) is 0 Å². The lowest BCUT2D eigenvalue weighted by molar-refractivity contribution is 0.00578. The van der Waals surface area contributed by atoms with Gasteiger partial charge in [0.25, 0.3) is 0 Å². The van der Waals surface area contributed by atoms with E-state index in [1.165, 1.54) is 13.3 Å². The van der Waals surface area contributed by atoms with Crippen molar-refractivity contribution in [3.05, 3.63) is 17.8 Å². The van der Waals surface area contributed by atoms with Gasteiger partial charge in [-0.15, -0.1) is 0 Å². The molecule has 0 saturated carbocycles. The van der Waals surface area contributed by atoms with Crippen LogP contribution in [0.1, 0.15) is 38.1 Å². The van der Waals surface area contributed by atoms with Crippen LogP contribution in [0.15, 0.2) is 12.3 Å². The van der Waals surface area contributed by atoms with Crippen LogP contribution >= 0.6 is 0 Å². The zero-order chi connectivity index (χ0) is 15.1. The summed E-state index contributed by atoms with van der Waals surface area (Å²) >= 11 is 0. The Morgan fingerprint density at radius 2 is 1.85 bits per heavy atom. The van der Waals surface area contributed by atoms with Crippen molar-refractivity contribution >= 4 is 18.5 Å². The summed E-state index contributed by atoms with van der Waals surface area (Å²) < 4.78 is 16.9. The molecule has 7 heteroatoms. The Morgan fingerprint density at radius 3 is 2.30 bits per heavy atom. The van der Waals surface area contributed by atoms with E-state index in [2.05, 4.69) is 4.98 Å². The monoisotopic (exact) mass is 278 g/mol. The number of carbonyl (C=O) groups is 1. The highest BCUT2D eigenvalue weighted by atomic mass is 16.7. The van der Waals surface area contributed by atoms with Gasteiger partial charge in [0.1, 0.15) is 0 Å². The first-order valence-corrected chi connectivity index (χ1v) is 6.37. The molecular weight excluding hydrogens is 259 g/mol. The molecule has 1 aliphatic rings. The molecule has 0 aliphatic carbocycles. The Labute approximate surface area is 118 Å². The first kappa shape index (κ1) is 14.8. The Bertz CT molecular complexity index is 529. The summed E-state index contributed by atoms with van der Waals surface area (Å²) in [5.41, 5.74) is 5.18. The lowest BCUT2D eigenvalue weighted by Crippen LogP contribution is -2.41. The normalized spacial score (nSPS) is 19.9. The molecule has 0 spiro atoms. The molecule has 2 rings (SSSR count). The van der Waals surface area contributed by atoms with Gasteiger partial charge in [-0.3, -0.25) is 4.79 Å². The summed E-state index contributed by atoms with van der Waals surface area (Å²) in [5, 5.41) is 0. The van der Waals surface area contributed by atoms with Crippen LogP contribution in [-0.2, 0) is 9.31 Å². The predicted octanol–water partition coefficient (Wildman–Crippen LogP) is 0.488. The number of rotatable bonds is 3. The highest BCUT2D eigenvalue weighted by molar-refractivity contribution is 6.63. The van der Waals surface area contributed by atoms with Crippen molar-refractivity contribution in [1.82, 2.24) is 4.98 Å². The second-order valence-corrected chi connectivity index (χ2v) is 5.77. The fraction of sp³-hybridized carbons (Fsp3) is 0.538. The van der Waals surface area contributed by atoms with Crippen LogP contribution in [0.4, 0.5) is 0 Å². The number of primary amides is 1. The van der Waals surface area contributed by atoms with Crippen molar-refractivity contribution in [3.63, 3.8) is 0 Å². The smallest absolute Gasteiger partial charge is 0.481 e. The molecule has 1 aromatic heterocycles. The summed E-state index contributed by atoms with van der Waals surface area (Å²) in [4.78, 5) is 15.5. The van der Waals surface area contributed by atoms with Crippen LogP contribution in [0, 0.1) is 0 Å². The third-order valence-electron chi connectivity index (χ3n) is 3.89. The fourth-order valence-electron chi connectivity index (χ4n) is 1.93. The molecule has 1 saturated heterocycles. The van der Waals surface area contributed by atoms with E-state index in [4.69, 9.17) is 19.8 Å². The highest BCUT2D eigenvalue weighted by Gasteiger charge is 2.52. The molecule has 0 radical (unpaired) electrons. The number of pyridine rings is 1. The predicted molar refractivity (Wildman–Crippen MR) is 75.0 cm³/mol. The zero-order valence-corrected chi connectivity index (χ0v) is 12.4. The third kappa shape index (κ3) is 2.38. The molecule has 1 fully saturated rings. The van der Waals surface area contributed by atoms with Crippen molar-refractivity contribution in [2.45, 2.75) is 38.9 Å². The second kappa shape index (κ2) is 4.75. The molecule has 0 aromatic carbocycles. The Balaban J connectivity index is 2.45. The molecule has 1 amide bonds. The number of nitrogens with zero attached hydrogens (tertiary/aromatic N) is 1. The Morgan fingerprint density at radius 1 is 1.30 bits per heavy atom. The number of hydrogen-bond donors (Lipinski definition) is 1. The van der Waals surface area contributed by atoms with E-state index in [0.29, 0.717) is 11.3 Å². The summed E-state index contributed by atoms with van der Waals surface area (Å²) in [7, 11) is 0.819. The lowest BCUT2D eigenvalue weighted by atomic mass is 9.76. The summed E-state index contributed by atoms with van der Waals surface area (Å²) in [6.07, 6.45) is 1.38. The largest absolute Gasteiger partial charge is 0.495 e. The number of nitrogens with two attached hydrogens (primary N) is 1. The first-order valence-electron chi connectivity index (χ1n) is 6.37. The Kier molecular flexibility index (Phi) is 3.52. The van der Waals surface area contributed by atoms with E-state index in [-0.39, 0.29) is 5.56 Å². The minimum atomic E-state index is -0.681. The minimum Gasteiger partial charge on any atom is -0.481 e. The number of hydrogen-bond acceptors (Lipinski definition) is 5. The molecule has 0 atom stereocenters. The Hall–Kier alpha value is -1.60. The molecule has 2 N–H and O–H groups in total. The van der Waals surface area contributed by atoms with Crippen molar-refractivity contribution < 1.29 is 18.8 Å². The van der Waals surface area contributed by atoms with Gasteiger partial charge >= 0.3 is 7.12 Å². The number of carbonyl (C=O) groups excluding carboxylic acids is 1. The van der Waals surface area contributed by atoms with E-state index in [9.17, 15) is 4.79 Å². The van der Waals surface area contributed by atoms with Crippen LogP contribution in [0.2, 0.25) is 0 Å². The minimum absolute atomic E-state index is 0.268. The standard InChI is InChI=1S/C13H19BN2O4/c1-12(2)13(3,4)20-14(19-12)9-6-10(18-5)16-7-8(9)11(15)17/h6-7H,1-5H3,(H2,15,17). The number of aromatic nitrogens is 1. The van der Waals surface area contributed by atoms with Gasteiger partial charge in [0.2, 0.25) is 11.8 Å². The summed E-state index contributed by atoms with van der Waals surface area (Å²) in [6, 6.07) is 1.61.